The first kappa shape index (κ1) is 11.1. The third-order valence-corrected chi connectivity index (χ3v) is 2.90. The zero-order valence-corrected chi connectivity index (χ0v) is 9.62. The quantitative estimate of drug-likeness (QED) is 0.793. The van der Waals surface area contributed by atoms with Crippen LogP contribution < -0.4 is 10.6 Å². The maximum atomic E-state index is 11.9. The second-order valence-electron chi connectivity index (χ2n) is 4.33. The molecule has 1 fully saturated rings. The van der Waals surface area contributed by atoms with Crippen molar-refractivity contribution in [3.63, 3.8) is 0 Å². The van der Waals surface area contributed by atoms with Crippen molar-refractivity contribution in [1.82, 2.24) is 10.3 Å². The van der Waals surface area contributed by atoms with E-state index in [2.05, 4.69) is 22.5 Å². The predicted molar refractivity (Wildman–Crippen MR) is 60.1 cm³/mol. The molecule has 0 aromatic carbocycles. The van der Waals surface area contributed by atoms with Gasteiger partial charge >= 0.3 is 6.01 Å². The number of nitrogens with one attached hydrogen (secondary N) is 2. The van der Waals surface area contributed by atoms with E-state index >= 15 is 0 Å². The maximum Gasteiger partial charge on any atom is 0.301 e. The number of hydrogen-bond acceptors (Lipinski definition) is 4. The Morgan fingerprint density at radius 3 is 3.12 bits per heavy atom. The van der Waals surface area contributed by atoms with Gasteiger partial charge in [0.25, 0.3) is 0 Å². The molecular formula is C11H17N3O2. The lowest BCUT2D eigenvalue weighted by molar-refractivity contribution is -0.119. The van der Waals surface area contributed by atoms with Crippen LogP contribution in [0.3, 0.4) is 0 Å². The normalized spacial score (nSPS) is 25.4. The summed E-state index contributed by atoms with van der Waals surface area (Å²) < 4.78 is 5.09. The van der Waals surface area contributed by atoms with E-state index in [0.717, 1.165) is 25.1 Å². The maximum absolute atomic E-state index is 11.9. The number of carbonyl (C=O) groups is 1. The summed E-state index contributed by atoms with van der Waals surface area (Å²) in [5.74, 6) is 0.291. The minimum absolute atomic E-state index is 0.0611. The van der Waals surface area contributed by atoms with E-state index in [0.29, 0.717) is 5.92 Å². The van der Waals surface area contributed by atoms with Crippen LogP contribution in [0.1, 0.15) is 25.5 Å². The summed E-state index contributed by atoms with van der Waals surface area (Å²) >= 11 is 0. The zero-order valence-electron chi connectivity index (χ0n) is 9.62. The summed E-state index contributed by atoms with van der Waals surface area (Å²) in [4.78, 5) is 16.0. The fourth-order valence-electron chi connectivity index (χ4n) is 2.00. The van der Waals surface area contributed by atoms with Crippen LogP contribution in [0.25, 0.3) is 0 Å². The number of piperidine rings is 1. The second-order valence-corrected chi connectivity index (χ2v) is 4.33. The highest BCUT2D eigenvalue weighted by Crippen LogP contribution is 2.17. The summed E-state index contributed by atoms with van der Waals surface area (Å²) in [5, 5.41) is 5.90. The molecule has 1 aliphatic rings. The van der Waals surface area contributed by atoms with Gasteiger partial charge < -0.3 is 9.73 Å². The lowest BCUT2D eigenvalue weighted by atomic mass is 9.92. The van der Waals surface area contributed by atoms with Crippen molar-refractivity contribution in [1.29, 1.82) is 0 Å². The summed E-state index contributed by atoms with van der Waals surface area (Å²) in [7, 11) is 0. The molecule has 1 aromatic heterocycles. The lowest BCUT2D eigenvalue weighted by Gasteiger charge is -2.28. The van der Waals surface area contributed by atoms with E-state index in [4.69, 9.17) is 4.42 Å². The average molecular weight is 223 g/mol. The van der Waals surface area contributed by atoms with Gasteiger partial charge in [0.2, 0.25) is 5.91 Å². The molecule has 5 nitrogen and oxygen atoms in total. The van der Waals surface area contributed by atoms with Gasteiger partial charge in [0.15, 0.2) is 0 Å². The number of carbonyl (C=O) groups excluding carboxylic acids is 1. The number of nitrogens with zero attached hydrogens (tertiary/aromatic N) is 1. The number of aromatic nitrogens is 1. The molecule has 0 saturated carbocycles. The fraction of sp³-hybridized carbons (Fsp3) is 0.636. The van der Waals surface area contributed by atoms with E-state index in [1.54, 1.807) is 0 Å². The Morgan fingerprint density at radius 2 is 2.50 bits per heavy atom. The molecule has 16 heavy (non-hydrogen) atoms. The highest BCUT2D eigenvalue weighted by atomic mass is 16.4. The molecule has 1 saturated heterocycles. The van der Waals surface area contributed by atoms with Crippen LogP contribution in [0.2, 0.25) is 0 Å². The number of hydrogen-bond donors (Lipinski definition) is 2. The van der Waals surface area contributed by atoms with Gasteiger partial charge in [0, 0.05) is 0 Å². The molecule has 0 aliphatic carbocycles. The Balaban J connectivity index is 1.96. The monoisotopic (exact) mass is 223 g/mol. The average Bonchev–Trinajstić information content (AvgIpc) is 2.64. The van der Waals surface area contributed by atoms with Gasteiger partial charge in [-0.3, -0.25) is 10.1 Å². The van der Waals surface area contributed by atoms with Crippen molar-refractivity contribution < 1.29 is 9.21 Å². The molecule has 2 N–H and O–H groups in total. The SMILES string of the molecule is Cc1coc(NC(=O)C2NCCCC2C)n1. The van der Waals surface area contributed by atoms with Gasteiger partial charge in [-0.05, 0) is 32.2 Å². The van der Waals surface area contributed by atoms with Gasteiger partial charge in [-0.15, -0.1) is 0 Å². The second kappa shape index (κ2) is 4.65. The van der Waals surface area contributed by atoms with Gasteiger partial charge in [0.1, 0.15) is 6.26 Å². The molecule has 0 radical (unpaired) electrons. The van der Waals surface area contributed by atoms with E-state index in [1.165, 1.54) is 6.26 Å². The van der Waals surface area contributed by atoms with Crippen molar-refractivity contribution in [3.8, 4) is 0 Å². The van der Waals surface area contributed by atoms with Crippen molar-refractivity contribution >= 4 is 11.9 Å². The molecule has 2 atom stereocenters. The van der Waals surface area contributed by atoms with E-state index < -0.39 is 0 Å². The number of aryl methyl sites for hydroxylation is 1. The summed E-state index contributed by atoms with van der Waals surface area (Å²) in [6.07, 6.45) is 3.73. The smallest absolute Gasteiger partial charge is 0.301 e. The van der Waals surface area contributed by atoms with E-state index in [9.17, 15) is 4.79 Å². The van der Waals surface area contributed by atoms with Crippen molar-refractivity contribution in [2.75, 3.05) is 11.9 Å². The molecule has 1 aliphatic heterocycles. The van der Waals surface area contributed by atoms with Crippen LogP contribution >= 0.6 is 0 Å². The van der Waals surface area contributed by atoms with Crippen molar-refractivity contribution in [3.05, 3.63) is 12.0 Å². The Labute approximate surface area is 94.6 Å². The third kappa shape index (κ3) is 2.41. The lowest BCUT2D eigenvalue weighted by Crippen LogP contribution is -2.48. The van der Waals surface area contributed by atoms with Crippen molar-refractivity contribution in [2.24, 2.45) is 5.92 Å². The Kier molecular flexibility index (Phi) is 3.24. The predicted octanol–water partition coefficient (Wildman–Crippen LogP) is 1.31. The van der Waals surface area contributed by atoms with E-state index in [-0.39, 0.29) is 18.0 Å². The Hall–Kier alpha value is -1.36. The topological polar surface area (TPSA) is 67.2 Å². The standard InChI is InChI=1S/C11H17N3O2/c1-7-4-3-5-12-9(7)10(15)14-11-13-8(2)6-16-11/h6-7,9,12H,3-5H2,1-2H3,(H,13,14,15). The van der Waals surface area contributed by atoms with Crippen LogP contribution in [-0.2, 0) is 4.79 Å². The molecule has 1 amide bonds. The molecule has 1 aromatic rings. The molecule has 2 heterocycles. The van der Waals surface area contributed by atoms with Gasteiger partial charge in [0.05, 0.1) is 11.7 Å². The highest BCUT2D eigenvalue weighted by molar-refractivity contribution is 5.93. The van der Waals surface area contributed by atoms with Crippen LogP contribution in [-0.4, -0.2) is 23.5 Å². The number of oxazole rings is 1. The van der Waals surface area contributed by atoms with Crippen LogP contribution in [0.4, 0.5) is 6.01 Å². The molecule has 5 heteroatoms. The van der Waals surface area contributed by atoms with Gasteiger partial charge in [-0.25, -0.2) is 0 Å². The molecule has 0 spiro atoms. The van der Waals surface area contributed by atoms with Crippen molar-refractivity contribution in [2.45, 2.75) is 32.7 Å². The third-order valence-electron chi connectivity index (χ3n) is 2.90. The molecule has 2 unspecified atom stereocenters. The molecular weight excluding hydrogens is 206 g/mol. The highest BCUT2D eigenvalue weighted by Gasteiger charge is 2.28. The summed E-state index contributed by atoms with van der Waals surface area (Å²) in [6.45, 7) is 4.80. The summed E-state index contributed by atoms with van der Waals surface area (Å²) in [5.41, 5.74) is 0.764. The number of anilines is 1. The van der Waals surface area contributed by atoms with E-state index in [1.807, 2.05) is 6.92 Å². The Bertz CT molecular complexity index is 375. The Morgan fingerprint density at radius 1 is 1.69 bits per heavy atom. The largest absolute Gasteiger partial charge is 0.432 e. The number of amides is 1. The molecule has 0 bridgehead atoms. The van der Waals surface area contributed by atoms with Crippen LogP contribution in [0.5, 0.6) is 0 Å². The van der Waals surface area contributed by atoms with Crippen LogP contribution in [0, 0.1) is 12.8 Å². The fourth-order valence-corrected chi connectivity index (χ4v) is 2.00. The van der Waals surface area contributed by atoms with Crippen LogP contribution in [0.15, 0.2) is 10.7 Å². The first-order chi connectivity index (χ1) is 7.66. The summed E-state index contributed by atoms with van der Waals surface area (Å²) in [6, 6.07) is 0.142. The number of rotatable bonds is 2. The van der Waals surface area contributed by atoms with Gasteiger partial charge in [-0.1, -0.05) is 6.92 Å². The first-order valence-corrected chi connectivity index (χ1v) is 5.63. The minimum atomic E-state index is -0.138. The first-order valence-electron chi connectivity index (χ1n) is 5.63. The minimum Gasteiger partial charge on any atom is -0.432 e. The molecule has 2 rings (SSSR count). The van der Waals surface area contributed by atoms with Gasteiger partial charge in [-0.2, -0.15) is 4.98 Å². The zero-order chi connectivity index (χ0) is 11.5. The molecule has 88 valence electrons.